The molecule has 0 saturated carbocycles. The molecule has 15 heteroatoms. The molecule has 0 N–H and O–H groups in total. The summed E-state index contributed by atoms with van der Waals surface area (Å²) < 4.78 is 43.3. The number of aromatic nitrogens is 5. The summed E-state index contributed by atoms with van der Waals surface area (Å²) in [5.41, 5.74) is 0.352. The lowest BCUT2D eigenvalue weighted by molar-refractivity contribution is -0.155. The summed E-state index contributed by atoms with van der Waals surface area (Å²) in [6.45, 7) is 9.47. The molecule has 1 aromatic carbocycles. The first-order valence-corrected chi connectivity index (χ1v) is 18.0. The van der Waals surface area contributed by atoms with Crippen LogP contribution in [0.15, 0.2) is 30.7 Å². The van der Waals surface area contributed by atoms with Crippen molar-refractivity contribution in [3.05, 3.63) is 64.2 Å². The topological polar surface area (TPSA) is 129 Å². The largest absolute Gasteiger partial charge is 0.456 e. The molecule has 0 aliphatic carbocycles. The highest BCUT2D eigenvalue weighted by atomic mass is 35.5. The van der Waals surface area contributed by atoms with E-state index >= 15 is 8.78 Å². The number of tetrazole rings is 1. The SMILES string of the molecule is CC(C)(C)[Si](C)(C)OCc1nccc(C(=O)COC(=O)C2CC[C@@H]3CC(c4c(-n5cnnn5)ccc(Cl)c4F)CC(=O)N23)c1F. The van der Waals surface area contributed by atoms with E-state index in [4.69, 9.17) is 20.8 Å². The highest BCUT2D eigenvalue weighted by molar-refractivity contribution is 6.74. The van der Waals surface area contributed by atoms with E-state index in [0.717, 1.165) is 0 Å². The van der Waals surface area contributed by atoms with Gasteiger partial charge < -0.3 is 14.1 Å². The van der Waals surface area contributed by atoms with Gasteiger partial charge in [-0.1, -0.05) is 32.4 Å². The van der Waals surface area contributed by atoms with Crippen molar-refractivity contribution in [2.75, 3.05) is 6.61 Å². The summed E-state index contributed by atoms with van der Waals surface area (Å²) >= 11 is 6.10. The Hall–Kier alpha value is -3.62. The van der Waals surface area contributed by atoms with Crippen molar-refractivity contribution in [3.63, 3.8) is 0 Å². The number of Topliss-reactive ketones (excluding diaryl/α,β-unsaturated/α-hetero) is 1. The Bertz CT molecular complexity index is 1620. The van der Waals surface area contributed by atoms with E-state index in [9.17, 15) is 14.4 Å². The van der Waals surface area contributed by atoms with Gasteiger partial charge >= 0.3 is 5.97 Å². The zero-order valence-corrected chi connectivity index (χ0v) is 27.5. The Morgan fingerprint density at radius 3 is 2.58 bits per heavy atom. The molecule has 2 fully saturated rings. The minimum atomic E-state index is -2.19. The fourth-order valence-corrected chi connectivity index (χ4v) is 6.76. The number of ether oxygens (including phenoxy) is 1. The van der Waals surface area contributed by atoms with Gasteiger partial charge in [-0.05, 0) is 71.9 Å². The molecule has 1 amide bonds. The average molecular weight is 661 g/mol. The van der Waals surface area contributed by atoms with Gasteiger partial charge in [0.05, 0.1) is 22.9 Å². The fraction of sp³-hybridized carbons (Fsp3) is 0.500. The maximum atomic E-state index is 15.3. The first-order chi connectivity index (χ1) is 21.2. The smallest absolute Gasteiger partial charge is 0.329 e. The number of fused-ring (bicyclic) bond motifs is 1. The first-order valence-electron chi connectivity index (χ1n) is 14.7. The Morgan fingerprint density at radius 2 is 1.89 bits per heavy atom. The van der Waals surface area contributed by atoms with Crippen LogP contribution >= 0.6 is 11.6 Å². The zero-order valence-electron chi connectivity index (χ0n) is 25.7. The van der Waals surface area contributed by atoms with Crippen LogP contribution in [-0.4, -0.2) is 74.8 Å². The number of carbonyl (C=O) groups is 3. The van der Waals surface area contributed by atoms with Gasteiger partial charge in [-0.2, -0.15) is 0 Å². The average Bonchev–Trinajstić information content (AvgIpc) is 3.67. The monoisotopic (exact) mass is 660 g/mol. The van der Waals surface area contributed by atoms with Gasteiger partial charge in [0.15, 0.2) is 20.7 Å². The normalized spacial score (nSPS) is 20.3. The molecule has 0 bridgehead atoms. The van der Waals surface area contributed by atoms with Gasteiger partial charge in [-0.25, -0.2) is 18.3 Å². The van der Waals surface area contributed by atoms with Crippen LogP contribution in [0.2, 0.25) is 23.2 Å². The predicted molar refractivity (Wildman–Crippen MR) is 161 cm³/mol. The number of amides is 1. The Kier molecular flexibility index (Phi) is 9.20. The van der Waals surface area contributed by atoms with Crippen molar-refractivity contribution in [2.45, 2.75) is 89.2 Å². The van der Waals surface area contributed by atoms with Gasteiger partial charge in [-0.3, -0.25) is 14.6 Å². The number of benzene rings is 1. The molecular weight excluding hydrogens is 626 g/mol. The molecule has 240 valence electrons. The molecule has 2 unspecified atom stereocenters. The van der Waals surface area contributed by atoms with Crippen LogP contribution in [0.25, 0.3) is 5.69 Å². The van der Waals surface area contributed by atoms with E-state index in [0.29, 0.717) is 24.9 Å². The van der Waals surface area contributed by atoms with Gasteiger partial charge in [0.2, 0.25) is 11.7 Å². The third-order valence-electron chi connectivity index (χ3n) is 9.14. The third kappa shape index (κ3) is 6.54. The van der Waals surface area contributed by atoms with E-state index in [1.165, 1.54) is 34.2 Å². The van der Waals surface area contributed by atoms with E-state index in [-0.39, 0.29) is 51.9 Å². The van der Waals surface area contributed by atoms with Crippen LogP contribution in [0.3, 0.4) is 0 Å². The molecule has 2 aromatic heterocycles. The van der Waals surface area contributed by atoms with Crippen LogP contribution in [0.4, 0.5) is 8.78 Å². The van der Waals surface area contributed by atoms with Crippen LogP contribution in [-0.2, 0) is 25.4 Å². The highest BCUT2D eigenvalue weighted by Crippen LogP contribution is 2.43. The van der Waals surface area contributed by atoms with Crippen molar-refractivity contribution < 1.29 is 32.3 Å². The van der Waals surface area contributed by atoms with Gasteiger partial charge in [0.25, 0.3) is 0 Å². The Labute approximate surface area is 265 Å². The molecule has 3 atom stereocenters. The number of hydrogen-bond donors (Lipinski definition) is 0. The maximum absolute atomic E-state index is 15.3. The molecule has 2 saturated heterocycles. The summed E-state index contributed by atoms with van der Waals surface area (Å²) in [6, 6.07) is 2.97. The Morgan fingerprint density at radius 1 is 1.13 bits per heavy atom. The van der Waals surface area contributed by atoms with Crippen LogP contribution in [0.5, 0.6) is 0 Å². The molecule has 0 spiro atoms. The molecule has 4 heterocycles. The van der Waals surface area contributed by atoms with E-state index in [1.54, 1.807) is 6.07 Å². The minimum absolute atomic E-state index is 0.00323. The quantitative estimate of drug-likeness (QED) is 0.173. The number of ketones is 1. The van der Waals surface area contributed by atoms with Crippen molar-refractivity contribution in [2.24, 2.45) is 0 Å². The number of rotatable bonds is 9. The van der Waals surface area contributed by atoms with E-state index in [1.807, 2.05) is 13.1 Å². The lowest BCUT2D eigenvalue weighted by atomic mass is 9.84. The first kappa shape index (κ1) is 32.8. The predicted octanol–water partition coefficient (Wildman–Crippen LogP) is 5.17. The summed E-state index contributed by atoms with van der Waals surface area (Å²) in [4.78, 5) is 44.9. The molecule has 45 heavy (non-hydrogen) atoms. The lowest BCUT2D eigenvalue weighted by Gasteiger charge is -2.37. The molecule has 3 aromatic rings. The molecule has 5 rings (SSSR count). The standard InChI is InChI=1S/C30H35ClF2N6O5Si/c1-30(2,3)45(4,5)44-14-21-27(32)19(10-11-34-21)24(40)15-43-29(42)23-8-6-18-12-17(13-25(41)39(18)23)26-22(38-16-35-36-37-38)9-7-20(31)28(26)33/h7,9-11,16-18,23H,6,8,12-15H2,1-5H3/t17?,18-,23?/m1/s1. The second-order valence-corrected chi connectivity index (χ2v) is 18.1. The summed E-state index contributed by atoms with van der Waals surface area (Å²) in [5, 5.41) is 10.9. The van der Waals surface area contributed by atoms with Crippen molar-refractivity contribution >= 4 is 37.6 Å². The summed E-state index contributed by atoms with van der Waals surface area (Å²) in [7, 11) is -2.19. The molecular formula is C30H35ClF2N6O5Si. The van der Waals surface area contributed by atoms with Crippen LogP contribution in [0.1, 0.15) is 74.0 Å². The van der Waals surface area contributed by atoms with E-state index in [2.05, 4.69) is 41.3 Å². The molecule has 2 aliphatic rings. The van der Waals surface area contributed by atoms with Crippen molar-refractivity contribution in [3.8, 4) is 5.69 Å². The van der Waals surface area contributed by atoms with Gasteiger partial charge in [0.1, 0.15) is 23.9 Å². The molecule has 11 nitrogen and oxygen atoms in total. The minimum Gasteiger partial charge on any atom is -0.456 e. The number of esters is 1. The number of hydrogen-bond acceptors (Lipinski definition) is 9. The molecule has 2 aliphatic heterocycles. The molecule has 0 radical (unpaired) electrons. The van der Waals surface area contributed by atoms with Crippen molar-refractivity contribution in [1.29, 1.82) is 0 Å². The number of halogens is 3. The number of carbonyl (C=O) groups excluding carboxylic acids is 3. The maximum Gasteiger partial charge on any atom is 0.329 e. The van der Waals surface area contributed by atoms with Gasteiger partial charge in [0, 0.05) is 24.2 Å². The number of piperidine rings is 1. The second kappa shape index (κ2) is 12.6. The number of pyridine rings is 1. The third-order valence-corrected chi connectivity index (χ3v) is 13.9. The zero-order chi connectivity index (χ0) is 32.7. The lowest BCUT2D eigenvalue weighted by Crippen LogP contribution is -2.49. The fourth-order valence-electron chi connectivity index (χ4n) is 5.67. The Balaban J connectivity index is 1.23. The van der Waals surface area contributed by atoms with Crippen LogP contribution < -0.4 is 0 Å². The summed E-state index contributed by atoms with van der Waals surface area (Å²) in [5.74, 6) is -3.83. The number of nitrogens with zero attached hydrogens (tertiary/aromatic N) is 6. The second-order valence-electron chi connectivity index (χ2n) is 12.9. The highest BCUT2D eigenvalue weighted by Gasteiger charge is 2.47. The van der Waals surface area contributed by atoms with E-state index < -0.39 is 50.3 Å². The van der Waals surface area contributed by atoms with Gasteiger partial charge in [-0.15, -0.1) is 5.10 Å². The van der Waals surface area contributed by atoms with Crippen molar-refractivity contribution in [1.82, 2.24) is 30.1 Å². The van der Waals surface area contributed by atoms with Crippen LogP contribution in [0, 0.1) is 11.6 Å². The summed E-state index contributed by atoms with van der Waals surface area (Å²) in [6.07, 6.45) is 3.74.